The molecule has 0 aliphatic rings. The summed E-state index contributed by atoms with van der Waals surface area (Å²) in [6, 6.07) is 6.85. The van der Waals surface area contributed by atoms with Crippen molar-refractivity contribution in [2.24, 2.45) is 0 Å². The second kappa shape index (κ2) is 8.84. The Morgan fingerprint density at radius 2 is 1.87 bits per heavy atom. The molecule has 1 N–H and O–H groups in total. The Morgan fingerprint density at radius 3 is 2.35 bits per heavy atom. The van der Waals surface area contributed by atoms with E-state index in [9.17, 15) is 13.2 Å². The smallest absolute Gasteiger partial charge is 0.336 e. The highest BCUT2D eigenvalue weighted by Gasteiger charge is 2.25. The molecule has 130 valence electrons. The summed E-state index contributed by atoms with van der Waals surface area (Å²) in [5, 5.41) is 0. The van der Waals surface area contributed by atoms with Gasteiger partial charge in [0.15, 0.2) is 0 Å². The van der Waals surface area contributed by atoms with Crippen molar-refractivity contribution in [3.63, 3.8) is 0 Å². The third-order valence-electron chi connectivity index (χ3n) is 2.37. The van der Waals surface area contributed by atoms with Crippen LogP contribution in [0.15, 0.2) is 28.7 Å². The summed E-state index contributed by atoms with van der Waals surface area (Å²) < 4.78 is 34.1. The predicted molar refractivity (Wildman–Crippen MR) is 91.8 cm³/mol. The number of halogens is 4. The highest BCUT2D eigenvalue weighted by molar-refractivity contribution is 9.10. The molecule has 0 aromatic heterocycles. The fourth-order valence-electron chi connectivity index (χ4n) is 1.47. The summed E-state index contributed by atoms with van der Waals surface area (Å²) in [7, 11) is -4.17. The zero-order valence-electron chi connectivity index (χ0n) is 11.8. The number of ether oxygens (including phenoxy) is 1. The van der Waals surface area contributed by atoms with Gasteiger partial charge in [0.2, 0.25) is 3.79 Å². The molecule has 0 bridgehead atoms. The molecule has 23 heavy (non-hydrogen) atoms. The molecule has 0 fully saturated rings. The molecule has 0 aliphatic heterocycles. The SMILES string of the molecule is CC(=O)OC(CNS(=O)(=O)OCC(Cl)(Cl)Cl)c1ccc(Br)cc1. The van der Waals surface area contributed by atoms with Crippen molar-refractivity contribution < 1.29 is 22.1 Å². The van der Waals surface area contributed by atoms with Gasteiger partial charge in [-0.3, -0.25) is 8.98 Å². The van der Waals surface area contributed by atoms with E-state index in [0.717, 1.165) is 4.47 Å². The Labute approximate surface area is 157 Å². The van der Waals surface area contributed by atoms with Gasteiger partial charge in [-0.15, -0.1) is 0 Å². The first-order chi connectivity index (χ1) is 10.5. The van der Waals surface area contributed by atoms with Gasteiger partial charge in [-0.05, 0) is 17.7 Å². The van der Waals surface area contributed by atoms with Crippen LogP contribution in [0, 0.1) is 0 Å². The van der Waals surface area contributed by atoms with Crippen molar-refractivity contribution in [3.8, 4) is 0 Å². The van der Waals surface area contributed by atoms with Crippen LogP contribution in [-0.4, -0.2) is 31.3 Å². The van der Waals surface area contributed by atoms with Gasteiger partial charge < -0.3 is 4.74 Å². The van der Waals surface area contributed by atoms with E-state index < -0.39 is 32.8 Å². The monoisotopic (exact) mass is 467 g/mol. The molecule has 11 heteroatoms. The maximum atomic E-state index is 11.7. The van der Waals surface area contributed by atoms with Crippen LogP contribution in [0.5, 0.6) is 0 Å². The Balaban J connectivity index is 2.74. The van der Waals surface area contributed by atoms with E-state index in [2.05, 4.69) is 24.8 Å². The standard InChI is InChI=1S/C12H13BrCl3NO5S/c1-8(18)22-11(9-2-4-10(13)5-3-9)6-17-23(19,20)21-7-12(14,15)16/h2-5,11,17H,6-7H2,1H3. The number of carbonyl (C=O) groups is 1. The molecule has 0 saturated carbocycles. The summed E-state index contributed by atoms with van der Waals surface area (Å²) in [6.07, 6.45) is -0.827. The number of benzene rings is 1. The van der Waals surface area contributed by atoms with E-state index in [1.807, 2.05) is 0 Å². The van der Waals surface area contributed by atoms with Gasteiger partial charge in [-0.1, -0.05) is 62.9 Å². The molecule has 0 radical (unpaired) electrons. The lowest BCUT2D eigenvalue weighted by atomic mass is 10.1. The lowest BCUT2D eigenvalue weighted by Gasteiger charge is -2.18. The lowest BCUT2D eigenvalue weighted by molar-refractivity contribution is -0.146. The third kappa shape index (κ3) is 9.09. The van der Waals surface area contributed by atoms with Crippen LogP contribution >= 0.6 is 50.7 Å². The number of nitrogens with one attached hydrogen (secondary N) is 1. The van der Waals surface area contributed by atoms with Crippen LogP contribution in [0.2, 0.25) is 0 Å². The highest BCUT2D eigenvalue weighted by Crippen LogP contribution is 2.26. The van der Waals surface area contributed by atoms with Crippen molar-refractivity contribution in [1.82, 2.24) is 4.72 Å². The van der Waals surface area contributed by atoms with E-state index in [4.69, 9.17) is 39.5 Å². The fourth-order valence-corrected chi connectivity index (χ4v) is 2.86. The van der Waals surface area contributed by atoms with Crippen LogP contribution in [0.4, 0.5) is 0 Å². The van der Waals surface area contributed by atoms with Crippen molar-refractivity contribution in [3.05, 3.63) is 34.3 Å². The molecule has 1 atom stereocenters. The second-order valence-corrected chi connectivity index (χ2v) is 9.19. The quantitative estimate of drug-likeness (QED) is 0.490. The zero-order chi connectivity index (χ0) is 17.7. The Hall–Kier alpha value is -0.0900. The van der Waals surface area contributed by atoms with Crippen LogP contribution in [0.1, 0.15) is 18.6 Å². The fraction of sp³-hybridized carbons (Fsp3) is 0.417. The molecule has 0 heterocycles. The zero-order valence-corrected chi connectivity index (χ0v) is 16.4. The van der Waals surface area contributed by atoms with Gasteiger partial charge in [0, 0.05) is 11.4 Å². The van der Waals surface area contributed by atoms with Crippen molar-refractivity contribution in [2.45, 2.75) is 16.8 Å². The van der Waals surface area contributed by atoms with E-state index >= 15 is 0 Å². The largest absolute Gasteiger partial charge is 0.456 e. The van der Waals surface area contributed by atoms with Crippen molar-refractivity contribution in [2.75, 3.05) is 13.2 Å². The molecular weight excluding hydrogens is 456 g/mol. The van der Waals surface area contributed by atoms with Gasteiger partial charge >= 0.3 is 16.3 Å². The Bertz CT molecular complexity index is 633. The maximum absolute atomic E-state index is 11.7. The summed E-state index contributed by atoms with van der Waals surface area (Å²) in [4.78, 5) is 11.2. The maximum Gasteiger partial charge on any atom is 0.336 e. The number of alkyl halides is 3. The molecule has 0 spiro atoms. The van der Waals surface area contributed by atoms with Crippen molar-refractivity contribution >= 4 is 67.0 Å². The average molecular weight is 470 g/mol. The summed E-state index contributed by atoms with van der Waals surface area (Å²) in [6.45, 7) is 0.340. The first-order valence-corrected chi connectivity index (χ1v) is 9.45. The number of rotatable bonds is 7. The minimum Gasteiger partial charge on any atom is -0.456 e. The van der Waals surface area contributed by atoms with Gasteiger partial charge in [0.05, 0.1) is 6.54 Å². The van der Waals surface area contributed by atoms with Crippen LogP contribution in [0.25, 0.3) is 0 Å². The molecule has 1 unspecified atom stereocenters. The van der Waals surface area contributed by atoms with E-state index in [-0.39, 0.29) is 6.54 Å². The second-order valence-electron chi connectivity index (χ2n) is 4.33. The summed E-state index contributed by atoms with van der Waals surface area (Å²) in [5.41, 5.74) is 0.604. The molecule has 0 amide bonds. The van der Waals surface area contributed by atoms with Crippen LogP contribution in [0.3, 0.4) is 0 Å². The molecular formula is C12H13BrCl3NO5S. The molecule has 6 nitrogen and oxygen atoms in total. The van der Waals surface area contributed by atoms with Gasteiger partial charge in [-0.2, -0.15) is 13.1 Å². The van der Waals surface area contributed by atoms with Crippen molar-refractivity contribution in [1.29, 1.82) is 0 Å². The summed E-state index contributed by atoms with van der Waals surface area (Å²) in [5.74, 6) is -0.556. The molecule has 1 rings (SSSR count). The first-order valence-electron chi connectivity index (χ1n) is 6.12. The highest BCUT2D eigenvalue weighted by atomic mass is 79.9. The minimum atomic E-state index is -4.17. The van der Waals surface area contributed by atoms with Gasteiger partial charge in [0.25, 0.3) is 0 Å². The number of carbonyl (C=O) groups excluding carboxylic acids is 1. The topological polar surface area (TPSA) is 81.7 Å². The van der Waals surface area contributed by atoms with Gasteiger partial charge in [-0.25, -0.2) is 0 Å². The summed E-state index contributed by atoms with van der Waals surface area (Å²) >= 11 is 19.5. The first kappa shape index (κ1) is 21.0. The van der Waals surface area contributed by atoms with E-state index in [0.29, 0.717) is 5.56 Å². The number of esters is 1. The number of hydrogen-bond acceptors (Lipinski definition) is 5. The van der Waals surface area contributed by atoms with E-state index in [1.54, 1.807) is 24.3 Å². The normalized spacial score (nSPS) is 13.6. The van der Waals surface area contributed by atoms with Gasteiger partial charge in [0.1, 0.15) is 12.7 Å². The molecule has 1 aromatic carbocycles. The average Bonchev–Trinajstić information content (AvgIpc) is 2.41. The van der Waals surface area contributed by atoms with E-state index in [1.165, 1.54) is 6.92 Å². The molecule has 1 aromatic rings. The Kier molecular flexibility index (Phi) is 8.06. The number of hydrogen-bond donors (Lipinski definition) is 1. The minimum absolute atomic E-state index is 0.233. The molecule has 0 aliphatic carbocycles. The van der Waals surface area contributed by atoms with Crippen LogP contribution < -0.4 is 4.72 Å². The van der Waals surface area contributed by atoms with Crippen LogP contribution in [-0.2, 0) is 24.0 Å². The third-order valence-corrected chi connectivity index (χ3v) is 4.18. The molecule has 0 saturated heterocycles. The predicted octanol–water partition coefficient (Wildman–Crippen LogP) is 3.27. The lowest BCUT2D eigenvalue weighted by Crippen LogP contribution is -2.33. The Morgan fingerprint density at radius 1 is 1.30 bits per heavy atom.